The van der Waals surface area contributed by atoms with Crippen molar-refractivity contribution >= 4 is 52.3 Å². The largest absolute Gasteiger partial charge is 0.343 e. The lowest BCUT2D eigenvalue weighted by Crippen LogP contribution is -2.33. The molecular formula is C21H19Cl2N5O2. The number of hydrogen-bond donors (Lipinski definition) is 3. The predicted molar refractivity (Wildman–Crippen MR) is 119 cm³/mol. The van der Waals surface area contributed by atoms with Gasteiger partial charge in [-0.3, -0.25) is 9.59 Å². The first kappa shape index (κ1) is 21.5. The topological polar surface area (TPSA) is 96.0 Å². The summed E-state index contributed by atoms with van der Waals surface area (Å²) in [5.41, 5.74) is 3.36. The molecule has 1 heterocycles. The van der Waals surface area contributed by atoms with Gasteiger partial charge in [-0.15, -0.1) is 0 Å². The van der Waals surface area contributed by atoms with Gasteiger partial charge in [0.05, 0.1) is 17.1 Å². The Balaban J connectivity index is 1.53. The molecule has 0 aliphatic heterocycles. The third kappa shape index (κ3) is 5.92. The van der Waals surface area contributed by atoms with E-state index < -0.39 is 5.91 Å². The maximum absolute atomic E-state index is 12.2. The summed E-state index contributed by atoms with van der Waals surface area (Å²) in [4.78, 5) is 32.9. The van der Waals surface area contributed by atoms with Gasteiger partial charge >= 0.3 is 0 Å². The monoisotopic (exact) mass is 443 g/mol. The van der Waals surface area contributed by atoms with Gasteiger partial charge in [-0.05, 0) is 62.4 Å². The van der Waals surface area contributed by atoms with Crippen molar-refractivity contribution in [3.63, 3.8) is 0 Å². The molecule has 0 fully saturated rings. The summed E-state index contributed by atoms with van der Waals surface area (Å²) in [7, 11) is 0. The SMILES string of the molecule is Cc1cc(C)nc(Nc2ccc(NC(=O)CNC(=O)c3ccc(Cl)cc3Cl)cc2)n1. The van der Waals surface area contributed by atoms with E-state index in [9.17, 15) is 9.59 Å². The van der Waals surface area contributed by atoms with E-state index in [1.807, 2.05) is 19.9 Å². The van der Waals surface area contributed by atoms with Crippen LogP contribution in [-0.4, -0.2) is 28.3 Å². The number of carbonyl (C=O) groups excluding carboxylic acids is 2. The zero-order chi connectivity index (χ0) is 21.7. The van der Waals surface area contributed by atoms with Gasteiger partial charge in [-0.1, -0.05) is 23.2 Å². The third-order valence-corrected chi connectivity index (χ3v) is 4.54. The second-order valence-corrected chi connectivity index (χ2v) is 7.38. The molecule has 0 saturated carbocycles. The first-order chi connectivity index (χ1) is 14.3. The summed E-state index contributed by atoms with van der Waals surface area (Å²) in [5, 5.41) is 9.01. The summed E-state index contributed by atoms with van der Waals surface area (Å²) in [5.74, 6) is -0.320. The van der Waals surface area contributed by atoms with Crippen LogP contribution in [0.3, 0.4) is 0 Å². The van der Waals surface area contributed by atoms with Crippen molar-refractivity contribution in [1.82, 2.24) is 15.3 Å². The number of aryl methyl sites for hydroxylation is 2. The number of amides is 2. The Hall–Kier alpha value is -3.16. The van der Waals surface area contributed by atoms with Crippen molar-refractivity contribution in [2.45, 2.75) is 13.8 Å². The number of halogens is 2. The lowest BCUT2D eigenvalue weighted by Gasteiger charge is -2.10. The van der Waals surface area contributed by atoms with Crippen LogP contribution >= 0.6 is 23.2 Å². The highest BCUT2D eigenvalue weighted by atomic mass is 35.5. The Labute approximate surface area is 183 Å². The van der Waals surface area contributed by atoms with E-state index in [0.717, 1.165) is 17.1 Å². The molecule has 0 bridgehead atoms. The molecule has 2 aromatic carbocycles. The molecule has 0 saturated heterocycles. The van der Waals surface area contributed by atoms with Crippen LogP contribution < -0.4 is 16.0 Å². The maximum Gasteiger partial charge on any atom is 0.253 e. The number of benzene rings is 2. The second kappa shape index (κ2) is 9.56. The lowest BCUT2D eigenvalue weighted by molar-refractivity contribution is -0.115. The van der Waals surface area contributed by atoms with E-state index in [0.29, 0.717) is 16.7 Å². The fraction of sp³-hybridized carbons (Fsp3) is 0.143. The minimum absolute atomic E-state index is 0.200. The fourth-order valence-corrected chi connectivity index (χ4v) is 3.18. The van der Waals surface area contributed by atoms with Crippen molar-refractivity contribution < 1.29 is 9.59 Å². The summed E-state index contributed by atoms with van der Waals surface area (Å²) in [6, 6.07) is 13.5. The number of rotatable bonds is 6. The molecule has 154 valence electrons. The van der Waals surface area contributed by atoms with E-state index in [2.05, 4.69) is 25.9 Å². The first-order valence-corrected chi connectivity index (χ1v) is 9.78. The maximum atomic E-state index is 12.2. The molecule has 9 heteroatoms. The number of hydrogen-bond acceptors (Lipinski definition) is 5. The molecule has 7 nitrogen and oxygen atoms in total. The van der Waals surface area contributed by atoms with Gasteiger partial charge in [0.1, 0.15) is 0 Å². The average Bonchev–Trinajstić information content (AvgIpc) is 2.67. The van der Waals surface area contributed by atoms with Crippen LogP contribution in [-0.2, 0) is 4.79 Å². The van der Waals surface area contributed by atoms with Crippen LogP contribution in [0.2, 0.25) is 10.0 Å². The van der Waals surface area contributed by atoms with Crippen molar-refractivity contribution in [2.24, 2.45) is 0 Å². The molecule has 1 aromatic heterocycles. The standard InChI is InChI=1S/C21H19Cl2N5O2/c1-12-9-13(2)26-21(25-12)28-16-6-4-15(5-7-16)27-19(29)11-24-20(30)17-8-3-14(22)10-18(17)23/h3-10H,11H2,1-2H3,(H,24,30)(H,27,29)(H,25,26,28). The van der Waals surface area contributed by atoms with E-state index in [1.54, 1.807) is 30.3 Å². The normalized spacial score (nSPS) is 10.4. The molecule has 0 aliphatic carbocycles. The highest BCUT2D eigenvalue weighted by molar-refractivity contribution is 6.36. The second-order valence-electron chi connectivity index (χ2n) is 6.53. The Morgan fingerprint density at radius 3 is 2.17 bits per heavy atom. The number of anilines is 3. The minimum atomic E-state index is -0.459. The van der Waals surface area contributed by atoms with Gasteiger partial charge in [0.25, 0.3) is 5.91 Å². The molecule has 3 aromatic rings. The molecule has 0 atom stereocenters. The van der Waals surface area contributed by atoms with Gasteiger partial charge in [0.15, 0.2) is 0 Å². The average molecular weight is 444 g/mol. The van der Waals surface area contributed by atoms with Gasteiger partial charge in [-0.25, -0.2) is 9.97 Å². The summed E-state index contributed by atoms with van der Waals surface area (Å²) in [6.45, 7) is 3.60. The quantitative estimate of drug-likeness (QED) is 0.520. The third-order valence-electron chi connectivity index (χ3n) is 3.99. The summed E-state index contributed by atoms with van der Waals surface area (Å²) < 4.78 is 0. The van der Waals surface area contributed by atoms with E-state index in [-0.39, 0.29) is 23.0 Å². The summed E-state index contributed by atoms with van der Waals surface area (Å²) in [6.07, 6.45) is 0. The van der Waals surface area contributed by atoms with Crippen LogP contribution in [0, 0.1) is 13.8 Å². The number of nitrogens with zero attached hydrogens (tertiary/aromatic N) is 2. The highest BCUT2D eigenvalue weighted by Gasteiger charge is 2.12. The molecular weight excluding hydrogens is 425 g/mol. The van der Waals surface area contributed by atoms with Crippen LogP contribution in [0.1, 0.15) is 21.7 Å². The van der Waals surface area contributed by atoms with Crippen molar-refractivity contribution in [3.8, 4) is 0 Å². The van der Waals surface area contributed by atoms with Gasteiger partial charge in [-0.2, -0.15) is 0 Å². The molecule has 0 unspecified atom stereocenters. The molecule has 0 spiro atoms. The van der Waals surface area contributed by atoms with Crippen molar-refractivity contribution in [3.05, 3.63) is 75.5 Å². The van der Waals surface area contributed by atoms with Crippen LogP contribution in [0.5, 0.6) is 0 Å². The highest BCUT2D eigenvalue weighted by Crippen LogP contribution is 2.21. The Bertz CT molecular complexity index is 1070. The van der Waals surface area contributed by atoms with E-state index in [4.69, 9.17) is 23.2 Å². The van der Waals surface area contributed by atoms with Crippen molar-refractivity contribution in [2.75, 3.05) is 17.2 Å². The van der Waals surface area contributed by atoms with E-state index in [1.165, 1.54) is 12.1 Å². The van der Waals surface area contributed by atoms with Gasteiger partial charge in [0, 0.05) is 27.8 Å². The molecule has 0 radical (unpaired) electrons. The number of nitrogens with one attached hydrogen (secondary N) is 3. The summed E-state index contributed by atoms with van der Waals surface area (Å²) >= 11 is 11.8. The van der Waals surface area contributed by atoms with Crippen molar-refractivity contribution in [1.29, 1.82) is 0 Å². The molecule has 3 rings (SSSR count). The van der Waals surface area contributed by atoms with Crippen LogP contribution in [0.4, 0.5) is 17.3 Å². The minimum Gasteiger partial charge on any atom is -0.343 e. The number of carbonyl (C=O) groups is 2. The molecule has 2 amide bonds. The van der Waals surface area contributed by atoms with Crippen LogP contribution in [0.15, 0.2) is 48.5 Å². The van der Waals surface area contributed by atoms with Gasteiger partial charge < -0.3 is 16.0 Å². The van der Waals surface area contributed by atoms with Gasteiger partial charge in [0.2, 0.25) is 11.9 Å². The molecule has 30 heavy (non-hydrogen) atoms. The Morgan fingerprint density at radius 2 is 1.53 bits per heavy atom. The zero-order valence-corrected chi connectivity index (χ0v) is 17.8. The molecule has 0 aliphatic rings. The zero-order valence-electron chi connectivity index (χ0n) is 16.3. The number of aromatic nitrogens is 2. The fourth-order valence-electron chi connectivity index (χ4n) is 2.68. The smallest absolute Gasteiger partial charge is 0.253 e. The molecule has 3 N–H and O–H groups in total. The first-order valence-electron chi connectivity index (χ1n) is 9.02. The predicted octanol–water partition coefficient (Wildman–Crippen LogP) is 4.51. The Kier molecular flexibility index (Phi) is 6.87. The van der Waals surface area contributed by atoms with E-state index >= 15 is 0 Å². The van der Waals surface area contributed by atoms with Crippen LogP contribution in [0.25, 0.3) is 0 Å². The Morgan fingerprint density at radius 1 is 0.900 bits per heavy atom. The lowest BCUT2D eigenvalue weighted by atomic mass is 10.2.